The van der Waals surface area contributed by atoms with Crippen molar-refractivity contribution in [2.75, 3.05) is 7.11 Å². The van der Waals surface area contributed by atoms with E-state index in [1.165, 1.54) is 24.3 Å². The zero-order chi connectivity index (χ0) is 19.3. The molecule has 0 fully saturated rings. The Balaban J connectivity index is 1.62. The van der Waals surface area contributed by atoms with Gasteiger partial charge in [0.25, 0.3) is 5.91 Å². The Morgan fingerprint density at radius 1 is 1.00 bits per heavy atom. The molecule has 7 heteroatoms. The van der Waals surface area contributed by atoms with Crippen molar-refractivity contribution in [3.05, 3.63) is 83.8 Å². The van der Waals surface area contributed by atoms with E-state index in [2.05, 4.69) is 5.32 Å². The highest BCUT2D eigenvalue weighted by Crippen LogP contribution is 2.18. The third-order valence-corrected chi connectivity index (χ3v) is 5.59. The quantitative estimate of drug-likeness (QED) is 0.675. The number of methoxy groups -OCH3 is 1. The van der Waals surface area contributed by atoms with E-state index in [0.29, 0.717) is 6.54 Å². The van der Waals surface area contributed by atoms with Crippen LogP contribution in [0, 0.1) is 0 Å². The molecule has 140 valence electrons. The van der Waals surface area contributed by atoms with Gasteiger partial charge < -0.3 is 14.5 Å². The van der Waals surface area contributed by atoms with Gasteiger partial charge in [0.2, 0.25) is 0 Å². The van der Waals surface area contributed by atoms with Crippen LogP contribution in [-0.2, 0) is 22.1 Å². The Morgan fingerprint density at radius 2 is 1.70 bits per heavy atom. The van der Waals surface area contributed by atoms with E-state index in [4.69, 9.17) is 9.15 Å². The molecule has 27 heavy (non-hydrogen) atoms. The number of sulfone groups is 1. The van der Waals surface area contributed by atoms with E-state index in [9.17, 15) is 13.2 Å². The zero-order valence-electron chi connectivity index (χ0n) is 14.7. The van der Waals surface area contributed by atoms with Crippen molar-refractivity contribution in [1.82, 2.24) is 5.32 Å². The average Bonchev–Trinajstić information content (AvgIpc) is 3.15. The minimum atomic E-state index is -3.52. The molecule has 3 rings (SSSR count). The Labute approximate surface area is 157 Å². The molecule has 0 aliphatic heterocycles. The Kier molecular flexibility index (Phi) is 5.61. The summed E-state index contributed by atoms with van der Waals surface area (Å²) in [6.45, 7) is 0.321. The van der Waals surface area contributed by atoms with Crippen LogP contribution in [0.4, 0.5) is 0 Å². The molecule has 1 heterocycles. The van der Waals surface area contributed by atoms with Gasteiger partial charge in [-0.3, -0.25) is 4.79 Å². The van der Waals surface area contributed by atoms with Crippen LogP contribution in [0.2, 0.25) is 0 Å². The van der Waals surface area contributed by atoms with Gasteiger partial charge >= 0.3 is 0 Å². The summed E-state index contributed by atoms with van der Waals surface area (Å²) in [7, 11) is -1.94. The molecule has 0 unspecified atom stereocenters. The molecule has 0 atom stereocenters. The van der Waals surface area contributed by atoms with Crippen molar-refractivity contribution in [1.29, 1.82) is 0 Å². The summed E-state index contributed by atoms with van der Waals surface area (Å²) < 4.78 is 35.2. The second kappa shape index (κ2) is 8.09. The molecule has 1 N–H and O–H groups in total. The maximum absolute atomic E-state index is 12.4. The van der Waals surface area contributed by atoms with E-state index in [1.54, 1.807) is 37.4 Å². The lowest BCUT2D eigenvalue weighted by atomic mass is 10.2. The second-order valence-corrected chi connectivity index (χ2v) is 7.86. The van der Waals surface area contributed by atoms with Gasteiger partial charge in [-0.15, -0.1) is 0 Å². The molecule has 0 radical (unpaired) electrons. The number of nitrogens with one attached hydrogen (secondary N) is 1. The first-order valence-electron chi connectivity index (χ1n) is 8.25. The van der Waals surface area contributed by atoms with E-state index in [1.807, 2.05) is 12.1 Å². The molecular formula is C20H19NO5S. The van der Waals surface area contributed by atoms with Crippen molar-refractivity contribution >= 4 is 15.7 Å². The highest BCUT2D eigenvalue weighted by Gasteiger charge is 2.19. The predicted octanol–water partition coefficient (Wildman–Crippen LogP) is 3.19. The normalized spacial score (nSPS) is 11.1. The van der Waals surface area contributed by atoms with Crippen molar-refractivity contribution < 1.29 is 22.4 Å². The van der Waals surface area contributed by atoms with E-state index < -0.39 is 15.7 Å². The second-order valence-electron chi connectivity index (χ2n) is 5.87. The maximum Gasteiger partial charge on any atom is 0.287 e. The van der Waals surface area contributed by atoms with Gasteiger partial charge in [-0.2, -0.15) is 0 Å². The maximum atomic E-state index is 12.4. The molecule has 0 saturated heterocycles. The van der Waals surface area contributed by atoms with Gasteiger partial charge in [-0.1, -0.05) is 30.3 Å². The van der Waals surface area contributed by atoms with E-state index >= 15 is 0 Å². The number of hydrogen-bond donors (Lipinski definition) is 1. The molecule has 1 amide bonds. The molecular weight excluding hydrogens is 366 g/mol. The first-order valence-corrected chi connectivity index (χ1v) is 9.91. The molecule has 0 aliphatic rings. The zero-order valence-corrected chi connectivity index (χ0v) is 15.5. The van der Waals surface area contributed by atoms with Crippen LogP contribution in [0.3, 0.4) is 0 Å². The van der Waals surface area contributed by atoms with E-state index in [-0.39, 0.29) is 22.2 Å². The van der Waals surface area contributed by atoms with Crippen molar-refractivity contribution in [2.45, 2.75) is 17.2 Å². The summed E-state index contributed by atoms with van der Waals surface area (Å²) in [4.78, 5) is 12.4. The van der Waals surface area contributed by atoms with Crippen LogP contribution in [0.15, 0.2) is 76.0 Å². The molecule has 6 nitrogen and oxygen atoms in total. The first kappa shape index (κ1) is 18.7. The number of furan rings is 1. The lowest BCUT2D eigenvalue weighted by Gasteiger charge is -2.05. The monoisotopic (exact) mass is 385 g/mol. The SMILES string of the molecule is COc1ccc(CNC(=O)c2ccc(CS(=O)(=O)c3ccccc3)o2)cc1. The fraction of sp³-hybridized carbons (Fsp3) is 0.150. The van der Waals surface area contributed by atoms with E-state index in [0.717, 1.165) is 11.3 Å². The topological polar surface area (TPSA) is 85.6 Å². The molecule has 1 aromatic heterocycles. The largest absolute Gasteiger partial charge is 0.497 e. The van der Waals surface area contributed by atoms with Gasteiger partial charge in [0.05, 0.1) is 12.0 Å². The van der Waals surface area contributed by atoms with Gasteiger partial charge in [-0.25, -0.2) is 8.42 Å². The Morgan fingerprint density at radius 3 is 2.37 bits per heavy atom. The minimum Gasteiger partial charge on any atom is -0.497 e. The summed E-state index contributed by atoms with van der Waals surface area (Å²) in [6, 6.07) is 18.4. The van der Waals surface area contributed by atoms with Crippen LogP contribution in [0.1, 0.15) is 21.9 Å². The summed E-state index contributed by atoms with van der Waals surface area (Å²) >= 11 is 0. The molecule has 2 aromatic carbocycles. The number of ether oxygens (including phenoxy) is 1. The summed E-state index contributed by atoms with van der Waals surface area (Å²) in [5, 5.41) is 2.74. The van der Waals surface area contributed by atoms with Crippen LogP contribution in [0.25, 0.3) is 0 Å². The van der Waals surface area contributed by atoms with Crippen LogP contribution >= 0.6 is 0 Å². The molecule has 0 aliphatic carbocycles. The third-order valence-electron chi connectivity index (χ3n) is 3.93. The smallest absolute Gasteiger partial charge is 0.287 e. The first-order chi connectivity index (χ1) is 13.0. The fourth-order valence-electron chi connectivity index (χ4n) is 2.49. The predicted molar refractivity (Wildman–Crippen MR) is 100 cm³/mol. The van der Waals surface area contributed by atoms with Crippen LogP contribution in [0.5, 0.6) is 5.75 Å². The number of carbonyl (C=O) groups excluding carboxylic acids is 1. The van der Waals surface area contributed by atoms with Crippen LogP contribution in [-0.4, -0.2) is 21.4 Å². The highest BCUT2D eigenvalue weighted by atomic mass is 32.2. The van der Waals surface area contributed by atoms with Crippen molar-refractivity contribution in [2.24, 2.45) is 0 Å². The third kappa shape index (κ3) is 4.77. The van der Waals surface area contributed by atoms with Crippen molar-refractivity contribution in [3.8, 4) is 5.75 Å². The number of amides is 1. The summed E-state index contributed by atoms with van der Waals surface area (Å²) in [5.41, 5.74) is 0.905. The van der Waals surface area contributed by atoms with Gasteiger partial charge in [-0.05, 0) is 42.0 Å². The highest BCUT2D eigenvalue weighted by molar-refractivity contribution is 7.90. The number of carbonyl (C=O) groups is 1. The lowest BCUT2D eigenvalue weighted by molar-refractivity contribution is 0.0921. The minimum absolute atomic E-state index is 0.0711. The van der Waals surface area contributed by atoms with Crippen LogP contribution < -0.4 is 10.1 Å². The van der Waals surface area contributed by atoms with Gasteiger partial charge in [0.1, 0.15) is 17.3 Å². The fourth-order valence-corrected chi connectivity index (χ4v) is 3.76. The average molecular weight is 385 g/mol. The Bertz CT molecular complexity index is 1010. The molecule has 0 bridgehead atoms. The molecule has 0 saturated carbocycles. The standard InChI is InChI=1S/C20H19NO5S/c1-25-16-9-7-15(8-10-16)13-21-20(22)19-12-11-17(26-19)14-27(23,24)18-5-3-2-4-6-18/h2-12H,13-14H2,1H3,(H,21,22). The van der Waals surface area contributed by atoms with Crippen molar-refractivity contribution in [3.63, 3.8) is 0 Å². The number of rotatable bonds is 7. The van der Waals surface area contributed by atoms with Gasteiger partial charge in [0, 0.05) is 6.54 Å². The summed E-state index contributed by atoms with van der Waals surface area (Å²) in [5.74, 6) is 0.313. The lowest BCUT2D eigenvalue weighted by Crippen LogP contribution is -2.22. The molecule has 3 aromatic rings. The van der Waals surface area contributed by atoms with Gasteiger partial charge in [0.15, 0.2) is 15.6 Å². The Hall–Kier alpha value is -3.06. The number of benzene rings is 2. The number of hydrogen-bond acceptors (Lipinski definition) is 5. The molecule has 0 spiro atoms. The summed E-state index contributed by atoms with van der Waals surface area (Å²) in [6.07, 6.45) is 0.